The van der Waals surface area contributed by atoms with Gasteiger partial charge in [-0.3, -0.25) is 0 Å². The zero-order valence-corrected chi connectivity index (χ0v) is 8.90. The first-order valence-corrected chi connectivity index (χ1v) is 5.43. The molecule has 1 saturated carbocycles. The second kappa shape index (κ2) is 3.74. The van der Waals surface area contributed by atoms with Gasteiger partial charge in [-0.15, -0.1) is 0 Å². The molecular formula is C13H18O. The van der Waals surface area contributed by atoms with Crippen molar-refractivity contribution in [3.05, 3.63) is 35.4 Å². The van der Waals surface area contributed by atoms with E-state index in [1.165, 1.54) is 18.4 Å². The van der Waals surface area contributed by atoms with Crippen molar-refractivity contribution in [3.8, 4) is 0 Å². The minimum atomic E-state index is -0.275. The highest BCUT2D eigenvalue weighted by atomic mass is 16.3. The van der Waals surface area contributed by atoms with Crippen molar-refractivity contribution in [1.29, 1.82) is 0 Å². The predicted molar refractivity (Wildman–Crippen MR) is 58.0 cm³/mol. The Morgan fingerprint density at radius 2 is 1.79 bits per heavy atom. The van der Waals surface area contributed by atoms with Gasteiger partial charge in [-0.25, -0.2) is 0 Å². The second-order valence-corrected chi connectivity index (χ2v) is 4.55. The molecule has 0 aromatic heterocycles. The molecule has 0 spiro atoms. The van der Waals surface area contributed by atoms with Gasteiger partial charge in [-0.05, 0) is 37.2 Å². The van der Waals surface area contributed by atoms with Crippen LogP contribution in [0.15, 0.2) is 24.3 Å². The third-order valence-corrected chi connectivity index (χ3v) is 3.28. The average molecular weight is 190 g/mol. The molecule has 2 atom stereocenters. The van der Waals surface area contributed by atoms with Crippen molar-refractivity contribution in [2.45, 2.75) is 32.8 Å². The van der Waals surface area contributed by atoms with E-state index in [9.17, 15) is 5.11 Å². The maximum atomic E-state index is 10.1. The third kappa shape index (κ3) is 1.98. The molecule has 2 unspecified atom stereocenters. The maximum Gasteiger partial charge on any atom is 0.0818 e. The molecular weight excluding hydrogens is 172 g/mol. The lowest BCUT2D eigenvalue weighted by atomic mass is 9.93. The molecule has 14 heavy (non-hydrogen) atoms. The zero-order chi connectivity index (χ0) is 10.1. The van der Waals surface area contributed by atoms with Crippen molar-refractivity contribution in [1.82, 2.24) is 0 Å². The summed E-state index contributed by atoms with van der Waals surface area (Å²) in [6.07, 6.45) is 2.32. The summed E-state index contributed by atoms with van der Waals surface area (Å²) in [7, 11) is 0. The van der Waals surface area contributed by atoms with Gasteiger partial charge in [0.25, 0.3) is 0 Å². The normalized spacial score (nSPS) is 20.5. The Balaban J connectivity index is 2.09. The summed E-state index contributed by atoms with van der Waals surface area (Å²) in [6.45, 7) is 4.22. The summed E-state index contributed by atoms with van der Waals surface area (Å²) < 4.78 is 0. The molecule has 1 aliphatic rings. The van der Waals surface area contributed by atoms with E-state index in [0.717, 1.165) is 11.5 Å². The summed E-state index contributed by atoms with van der Waals surface area (Å²) >= 11 is 0. The first-order valence-electron chi connectivity index (χ1n) is 5.43. The van der Waals surface area contributed by atoms with Crippen molar-refractivity contribution in [2.75, 3.05) is 0 Å². The van der Waals surface area contributed by atoms with Gasteiger partial charge in [0.2, 0.25) is 0 Å². The van der Waals surface area contributed by atoms with E-state index in [1.807, 2.05) is 12.1 Å². The summed E-state index contributed by atoms with van der Waals surface area (Å²) in [5, 5.41) is 10.1. The van der Waals surface area contributed by atoms with Gasteiger partial charge in [0, 0.05) is 0 Å². The van der Waals surface area contributed by atoms with E-state index >= 15 is 0 Å². The van der Waals surface area contributed by atoms with Crippen molar-refractivity contribution in [2.24, 2.45) is 11.8 Å². The van der Waals surface area contributed by atoms with E-state index in [0.29, 0.717) is 5.92 Å². The monoisotopic (exact) mass is 190 g/mol. The fourth-order valence-electron chi connectivity index (χ4n) is 1.95. The van der Waals surface area contributed by atoms with Gasteiger partial charge in [-0.1, -0.05) is 36.8 Å². The van der Waals surface area contributed by atoms with Crippen molar-refractivity contribution < 1.29 is 5.11 Å². The quantitative estimate of drug-likeness (QED) is 0.776. The Morgan fingerprint density at radius 1 is 1.21 bits per heavy atom. The van der Waals surface area contributed by atoms with Crippen LogP contribution in [-0.4, -0.2) is 5.11 Å². The molecule has 0 radical (unpaired) electrons. The number of benzene rings is 1. The maximum absolute atomic E-state index is 10.1. The van der Waals surface area contributed by atoms with E-state index < -0.39 is 0 Å². The molecule has 1 aromatic rings. The lowest BCUT2D eigenvalue weighted by molar-refractivity contribution is 0.106. The van der Waals surface area contributed by atoms with Crippen molar-refractivity contribution in [3.63, 3.8) is 0 Å². The molecule has 2 rings (SSSR count). The average Bonchev–Trinajstić information content (AvgIpc) is 3.00. The van der Waals surface area contributed by atoms with Crippen molar-refractivity contribution >= 4 is 0 Å². The molecule has 1 aliphatic carbocycles. The highest BCUT2D eigenvalue weighted by Gasteiger charge is 2.32. The highest BCUT2D eigenvalue weighted by Crippen LogP contribution is 2.42. The molecule has 0 heterocycles. The first-order chi connectivity index (χ1) is 6.68. The Kier molecular flexibility index (Phi) is 2.60. The number of hydrogen-bond donors (Lipinski definition) is 1. The number of aryl methyl sites for hydroxylation is 1. The smallest absolute Gasteiger partial charge is 0.0818 e. The third-order valence-electron chi connectivity index (χ3n) is 3.28. The van der Waals surface area contributed by atoms with Crippen LogP contribution >= 0.6 is 0 Å². The molecule has 1 N–H and O–H groups in total. The Morgan fingerprint density at radius 3 is 2.29 bits per heavy atom. The van der Waals surface area contributed by atoms with Gasteiger partial charge >= 0.3 is 0 Å². The first kappa shape index (κ1) is 9.72. The van der Waals surface area contributed by atoms with Crippen LogP contribution in [-0.2, 0) is 0 Å². The summed E-state index contributed by atoms with van der Waals surface area (Å²) in [6, 6.07) is 8.22. The molecule has 0 bridgehead atoms. The topological polar surface area (TPSA) is 20.2 Å². The lowest BCUT2D eigenvalue weighted by Crippen LogP contribution is -2.10. The molecule has 1 aromatic carbocycles. The fourth-order valence-corrected chi connectivity index (χ4v) is 1.95. The Bertz CT molecular complexity index is 298. The van der Waals surface area contributed by atoms with Crippen LogP contribution in [0.4, 0.5) is 0 Å². The molecule has 0 saturated heterocycles. The number of aliphatic hydroxyl groups is 1. The molecule has 1 fully saturated rings. The minimum absolute atomic E-state index is 0.275. The minimum Gasteiger partial charge on any atom is -0.388 e. The molecule has 0 aliphatic heterocycles. The van der Waals surface area contributed by atoms with Gasteiger partial charge in [-0.2, -0.15) is 0 Å². The van der Waals surface area contributed by atoms with Crippen LogP contribution < -0.4 is 0 Å². The van der Waals surface area contributed by atoms with Crippen LogP contribution in [0.25, 0.3) is 0 Å². The van der Waals surface area contributed by atoms with Gasteiger partial charge in [0.15, 0.2) is 0 Å². The SMILES string of the molecule is Cc1ccc(C(O)C(C)C2CC2)cc1. The number of hydrogen-bond acceptors (Lipinski definition) is 1. The summed E-state index contributed by atoms with van der Waals surface area (Å²) in [5.74, 6) is 1.17. The van der Waals surface area contributed by atoms with Crippen LogP contribution in [0.5, 0.6) is 0 Å². The Hall–Kier alpha value is -0.820. The Labute approximate surface area is 85.8 Å². The number of rotatable bonds is 3. The second-order valence-electron chi connectivity index (χ2n) is 4.55. The summed E-state index contributed by atoms with van der Waals surface area (Å²) in [5.41, 5.74) is 2.31. The van der Waals surface area contributed by atoms with E-state index in [1.54, 1.807) is 0 Å². The van der Waals surface area contributed by atoms with Crippen LogP contribution in [0.1, 0.15) is 37.0 Å². The van der Waals surface area contributed by atoms with Gasteiger partial charge < -0.3 is 5.11 Å². The predicted octanol–water partition coefficient (Wildman–Crippen LogP) is 3.07. The zero-order valence-electron chi connectivity index (χ0n) is 8.90. The lowest BCUT2D eigenvalue weighted by Gasteiger charge is -2.18. The molecule has 1 nitrogen and oxygen atoms in total. The van der Waals surface area contributed by atoms with Gasteiger partial charge in [0.1, 0.15) is 0 Å². The van der Waals surface area contributed by atoms with Crippen LogP contribution in [0.2, 0.25) is 0 Å². The van der Waals surface area contributed by atoms with Gasteiger partial charge in [0.05, 0.1) is 6.10 Å². The van der Waals surface area contributed by atoms with Crippen LogP contribution in [0.3, 0.4) is 0 Å². The van der Waals surface area contributed by atoms with E-state index in [-0.39, 0.29) is 6.10 Å². The molecule has 1 heteroatoms. The summed E-state index contributed by atoms with van der Waals surface area (Å²) in [4.78, 5) is 0. The standard InChI is InChI=1S/C13H18O/c1-9-3-5-12(6-4-9)13(14)10(2)11-7-8-11/h3-6,10-11,13-14H,7-8H2,1-2H3. The molecule has 0 amide bonds. The molecule has 76 valence electrons. The number of aliphatic hydroxyl groups excluding tert-OH is 1. The largest absolute Gasteiger partial charge is 0.388 e. The van der Waals surface area contributed by atoms with E-state index in [4.69, 9.17) is 0 Å². The van der Waals surface area contributed by atoms with Crippen LogP contribution in [0, 0.1) is 18.8 Å². The highest BCUT2D eigenvalue weighted by molar-refractivity contribution is 5.23. The van der Waals surface area contributed by atoms with E-state index in [2.05, 4.69) is 26.0 Å². The fraction of sp³-hybridized carbons (Fsp3) is 0.538.